The van der Waals surface area contributed by atoms with Crippen molar-refractivity contribution in [2.24, 2.45) is 0 Å². The van der Waals surface area contributed by atoms with Crippen LogP contribution in [0.2, 0.25) is 0 Å². The van der Waals surface area contributed by atoms with Crippen molar-refractivity contribution in [3.05, 3.63) is 60.7 Å². The lowest BCUT2D eigenvalue weighted by Crippen LogP contribution is -1.87. The van der Waals surface area contributed by atoms with Crippen molar-refractivity contribution >= 4 is 11.0 Å². The number of hydrogen-bond acceptors (Lipinski definition) is 3. The molecule has 0 fully saturated rings. The number of fused-ring (bicyclic) bond motifs is 1. The van der Waals surface area contributed by atoms with E-state index in [1.54, 1.807) is 7.11 Å². The van der Waals surface area contributed by atoms with Gasteiger partial charge in [0.05, 0.1) is 12.8 Å². The first-order valence-electron chi connectivity index (χ1n) is 7.03. The van der Waals surface area contributed by atoms with Crippen LogP contribution in [0.25, 0.3) is 33.7 Å². The molecule has 0 saturated heterocycles. The Hall–Kier alpha value is -3.01. The zero-order valence-corrected chi connectivity index (χ0v) is 12.0. The summed E-state index contributed by atoms with van der Waals surface area (Å²) >= 11 is 0. The lowest BCUT2D eigenvalue weighted by atomic mass is 10.1. The predicted octanol–water partition coefficient (Wildman–Crippen LogP) is 4.50. The van der Waals surface area contributed by atoms with E-state index in [0.717, 1.165) is 39.4 Å². The Morgan fingerprint density at radius 1 is 1.00 bits per heavy atom. The van der Waals surface area contributed by atoms with Crippen LogP contribution in [0.15, 0.2) is 65.1 Å². The number of hydrogen-bond donors (Lipinski definition) is 1. The monoisotopic (exact) mass is 290 g/mol. The number of para-hydroxylation sites is 2. The van der Waals surface area contributed by atoms with Gasteiger partial charge < -0.3 is 9.15 Å². The van der Waals surface area contributed by atoms with Gasteiger partial charge in [0.25, 0.3) is 0 Å². The van der Waals surface area contributed by atoms with Crippen LogP contribution >= 0.6 is 0 Å². The number of nitrogens with zero attached hydrogens (tertiary/aromatic N) is 1. The van der Waals surface area contributed by atoms with E-state index in [4.69, 9.17) is 9.15 Å². The average molecular weight is 290 g/mol. The molecule has 0 saturated carbocycles. The standard InChI is InChI=1S/C18H14N2O2/c1-21-17-9-5-3-7-13(17)14-11-15(20-19-14)18-10-12-6-2-4-8-16(12)22-18/h2-11H,1H3,(H,19,20). The number of methoxy groups -OCH3 is 1. The second-order valence-electron chi connectivity index (χ2n) is 5.02. The molecule has 108 valence electrons. The van der Waals surface area contributed by atoms with Gasteiger partial charge in [0.1, 0.15) is 17.0 Å². The molecule has 4 nitrogen and oxygen atoms in total. The Morgan fingerprint density at radius 2 is 1.82 bits per heavy atom. The van der Waals surface area contributed by atoms with Gasteiger partial charge in [0.2, 0.25) is 0 Å². The number of aromatic nitrogens is 2. The number of nitrogens with one attached hydrogen (secondary N) is 1. The highest BCUT2D eigenvalue weighted by Gasteiger charge is 2.12. The van der Waals surface area contributed by atoms with Gasteiger partial charge in [0, 0.05) is 10.9 Å². The normalized spacial score (nSPS) is 11.0. The van der Waals surface area contributed by atoms with Crippen molar-refractivity contribution in [2.75, 3.05) is 7.11 Å². The number of rotatable bonds is 3. The van der Waals surface area contributed by atoms with Crippen molar-refractivity contribution < 1.29 is 9.15 Å². The summed E-state index contributed by atoms with van der Waals surface area (Å²) in [6, 6.07) is 19.7. The Bertz CT molecular complexity index is 904. The highest BCUT2D eigenvalue weighted by molar-refractivity contribution is 5.82. The maximum Gasteiger partial charge on any atom is 0.153 e. The molecule has 0 amide bonds. The van der Waals surface area contributed by atoms with Crippen molar-refractivity contribution in [2.45, 2.75) is 0 Å². The van der Waals surface area contributed by atoms with Crippen LogP contribution in [-0.2, 0) is 0 Å². The van der Waals surface area contributed by atoms with Crippen LogP contribution in [0.4, 0.5) is 0 Å². The van der Waals surface area contributed by atoms with Crippen molar-refractivity contribution in [3.8, 4) is 28.5 Å². The van der Waals surface area contributed by atoms with Gasteiger partial charge in [-0.3, -0.25) is 5.10 Å². The molecular formula is C18H14N2O2. The van der Waals surface area contributed by atoms with Crippen molar-refractivity contribution in [1.29, 1.82) is 0 Å². The highest BCUT2D eigenvalue weighted by Crippen LogP contribution is 2.32. The second-order valence-corrected chi connectivity index (χ2v) is 5.02. The minimum Gasteiger partial charge on any atom is -0.496 e. The zero-order valence-electron chi connectivity index (χ0n) is 12.0. The number of ether oxygens (including phenoxy) is 1. The zero-order chi connectivity index (χ0) is 14.9. The minimum atomic E-state index is 0.773. The van der Waals surface area contributed by atoms with E-state index in [0.29, 0.717) is 0 Å². The molecule has 2 aromatic carbocycles. The number of aromatic amines is 1. The molecule has 2 heterocycles. The van der Waals surface area contributed by atoms with Gasteiger partial charge >= 0.3 is 0 Å². The molecule has 0 bridgehead atoms. The Kier molecular flexibility index (Phi) is 2.93. The molecule has 1 N–H and O–H groups in total. The summed E-state index contributed by atoms with van der Waals surface area (Å²) < 4.78 is 11.2. The van der Waals surface area contributed by atoms with Gasteiger partial charge in [0.15, 0.2) is 5.76 Å². The Morgan fingerprint density at radius 3 is 2.68 bits per heavy atom. The molecule has 0 unspecified atom stereocenters. The summed E-state index contributed by atoms with van der Waals surface area (Å²) in [6.07, 6.45) is 0. The fourth-order valence-corrected chi connectivity index (χ4v) is 2.56. The molecule has 0 atom stereocenters. The van der Waals surface area contributed by atoms with E-state index in [2.05, 4.69) is 10.2 Å². The summed E-state index contributed by atoms with van der Waals surface area (Å²) in [7, 11) is 1.66. The first-order chi connectivity index (χ1) is 10.8. The number of H-pyrrole nitrogens is 1. The van der Waals surface area contributed by atoms with Crippen LogP contribution in [0.5, 0.6) is 5.75 Å². The van der Waals surface area contributed by atoms with Crippen LogP contribution in [0.1, 0.15) is 0 Å². The summed E-state index contributed by atoms with van der Waals surface area (Å²) in [4.78, 5) is 0. The van der Waals surface area contributed by atoms with Crippen LogP contribution in [0.3, 0.4) is 0 Å². The van der Waals surface area contributed by atoms with Gasteiger partial charge in [-0.1, -0.05) is 30.3 Å². The molecule has 4 aromatic rings. The summed E-state index contributed by atoms with van der Waals surface area (Å²) in [5.41, 5.74) is 3.49. The summed E-state index contributed by atoms with van der Waals surface area (Å²) in [5, 5.41) is 8.49. The fourth-order valence-electron chi connectivity index (χ4n) is 2.56. The van der Waals surface area contributed by atoms with Gasteiger partial charge in [-0.25, -0.2) is 0 Å². The first-order valence-corrected chi connectivity index (χ1v) is 7.03. The first kappa shape index (κ1) is 12.7. The van der Waals surface area contributed by atoms with Crippen LogP contribution < -0.4 is 4.74 Å². The molecule has 0 radical (unpaired) electrons. The van der Waals surface area contributed by atoms with E-state index >= 15 is 0 Å². The highest BCUT2D eigenvalue weighted by atomic mass is 16.5. The molecule has 0 aliphatic heterocycles. The molecule has 4 rings (SSSR count). The van der Waals surface area contributed by atoms with Crippen LogP contribution in [0, 0.1) is 0 Å². The summed E-state index contributed by atoms with van der Waals surface area (Å²) in [5.74, 6) is 1.57. The summed E-state index contributed by atoms with van der Waals surface area (Å²) in [6.45, 7) is 0. The van der Waals surface area contributed by atoms with E-state index in [-0.39, 0.29) is 0 Å². The van der Waals surface area contributed by atoms with Gasteiger partial charge in [-0.05, 0) is 30.3 Å². The van der Waals surface area contributed by atoms with Gasteiger partial charge in [-0.2, -0.15) is 5.10 Å². The fraction of sp³-hybridized carbons (Fsp3) is 0.0556. The molecular weight excluding hydrogens is 276 g/mol. The van der Waals surface area contributed by atoms with Crippen molar-refractivity contribution in [1.82, 2.24) is 10.2 Å². The lowest BCUT2D eigenvalue weighted by molar-refractivity contribution is 0.416. The third-order valence-corrected chi connectivity index (χ3v) is 3.65. The molecule has 0 aliphatic rings. The third kappa shape index (κ3) is 2.05. The number of benzene rings is 2. The van der Waals surface area contributed by atoms with E-state index in [1.165, 1.54) is 0 Å². The predicted molar refractivity (Wildman–Crippen MR) is 85.8 cm³/mol. The largest absolute Gasteiger partial charge is 0.496 e. The van der Waals surface area contributed by atoms with E-state index in [1.807, 2.05) is 60.7 Å². The lowest BCUT2D eigenvalue weighted by Gasteiger charge is -2.04. The minimum absolute atomic E-state index is 0.773. The Labute approximate surface area is 127 Å². The maximum atomic E-state index is 5.86. The van der Waals surface area contributed by atoms with E-state index in [9.17, 15) is 0 Å². The smallest absolute Gasteiger partial charge is 0.153 e. The van der Waals surface area contributed by atoms with Crippen molar-refractivity contribution in [3.63, 3.8) is 0 Å². The quantitative estimate of drug-likeness (QED) is 0.604. The van der Waals surface area contributed by atoms with Crippen LogP contribution in [-0.4, -0.2) is 17.3 Å². The maximum absolute atomic E-state index is 5.86. The topological polar surface area (TPSA) is 51.0 Å². The molecule has 4 heteroatoms. The molecule has 0 aliphatic carbocycles. The van der Waals surface area contributed by atoms with E-state index < -0.39 is 0 Å². The van der Waals surface area contributed by atoms with Gasteiger partial charge in [-0.15, -0.1) is 0 Å². The molecule has 22 heavy (non-hydrogen) atoms. The second kappa shape index (κ2) is 5.07. The SMILES string of the molecule is COc1ccccc1-c1cc(-c2cc3ccccc3o2)[nH]n1. The third-order valence-electron chi connectivity index (χ3n) is 3.65. The number of furan rings is 1. The average Bonchev–Trinajstić information content (AvgIpc) is 3.21. The molecule has 0 spiro atoms. The molecule has 2 aromatic heterocycles. The Balaban J connectivity index is 1.77.